The predicted molar refractivity (Wildman–Crippen MR) is 97.7 cm³/mol. The number of rotatable bonds is 3. The Kier molecular flexibility index (Phi) is 4.95. The van der Waals surface area contributed by atoms with Crippen molar-refractivity contribution in [1.29, 1.82) is 0 Å². The highest BCUT2D eigenvalue weighted by Gasteiger charge is 2.25. The fourth-order valence-electron chi connectivity index (χ4n) is 2.25. The molecule has 0 saturated heterocycles. The first kappa shape index (κ1) is 17.3. The van der Waals surface area contributed by atoms with Crippen molar-refractivity contribution >= 4 is 23.7 Å². The second kappa shape index (κ2) is 7.15. The van der Waals surface area contributed by atoms with Gasteiger partial charge in [0.25, 0.3) is 5.91 Å². The molecular formula is C19H19ClN2O3. The van der Waals surface area contributed by atoms with E-state index in [0.717, 1.165) is 5.56 Å². The largest absolute Gasteiger partial charge is 0.489 e. The molecule has 0 saturated carbocycles. The molecule has 0 unspecified atom stereocenters. The number of ether oxygens (including phenoxy) is 2. The van der Waals surface area contributed by atoms with Crippen molar-refractivity contribution in [2.45, 2.75) is 13.8 Å². The summed E-state index contributed by atoms with van der Waals surface area (Å²) < 4.78 is 11.5. The van der Waals surface area contributed by atoms with E-state index in [1.54, 1.807) is 36.5 Å². The zero-order valence-electron chi connectivity index (χ0n) is 14.1. The number of nitrogens with one attached hydrogen (secondary N) is 1. The molecule has 1 heterocycles. The van der Waals surface area contributed by atoms with Crippen LogP contribution in [0, 0.1) is 5.41 Å². The maximum atomic E-state index is 12.2. The molecule has 3 rings (SSSR count). The van der Waals surface area contributed by atoms with Crippen molar-refractivity contribution in [2.75, 3.05) is 13.2 Å². The Balaban J connectivity index is 1.67. The van der Waals surface area contributed by atoms with Gasteiger partial charge in [-0.15, -0.1) is 0 Å². The Hall–Kier alpha value is -2.53. The first-order valence-electron chi connectivity index (χ1n) is 7.92. The third-order valence-corrected chi connectivity index (χ3v) is 3.94. The van der Waals surface area contributed by atoms with E-state index < -0.39 is 0 Å². The molecule has 130 valence electrons. The van der Waals surface area contributed by atoms with Crippen LogP contribution in [0.1, 0.15) is 29.8 Å². The minimum atomic E-state index is -0.319. The van der Waals surface area contributed by atoms with Crippen molar-refractivity contribution in [1.82, 2.24) is 5.43 Å². The standard InChI is InChI=1S/C19H19ClN2O3/c1-19(2)11-24-16-8-5-14(9-17(16)25-12-19)18(23)22-21-10-13-3-6-15(20)7-4-13/h3-10H,11-12H2,1-2H3,(H,22,23)/b21-10-. The van der Waals surface area contributed by atoms with Crippen LogP contribution in [0.4, 0.5) is 0 Å². The van der Waals surface area contributed by atoms with E-state index in [4.69, 9.17) is 21.1 Å². The molecule has 2 aromatic rings. The summed E-state index contributed by atoms with van der Waals surface area (Å²) in [5, 5.41) is 4.61. The summed E-state index contributed by atoms with van der Waals surface area (Å²) in [6.45, 7) is 5.23. The molecule has 1 aliphatic heterocycles. The Morgan fingerprint density at radius 1 is 1.12 bits per heavy atom. The Bertz CT molecular complexity index is 801. The highest BCUT2D eigenvalue weighted by molar-refractivity contribution is 6.30. The molecular weight excluding hydrogens is 340 g/mol. The zero-order valence-corrected chi connectivity index (χ0v) is 14.8. The number of benzene rings is 2. The Morgan fingerprint density at radius 3 is 2.52 bits per heavy atom. The van der Waals surface area contributed by atoms with Gasteiger partial charge in [0.05, 0.1) is 19.4 Å². The summed E-state index contributed by atoms with van der Waals surface area (Å²) in [5.74, 6) is 0.895. The fraction of sp³-hybridized carbons (Fsp3) is 0.263. The van der Waals surface area contributed by atoms with Gasteiger partial charge >= 0.3 is 0 Å². The number of hydrogen-bond donors (Lipinski definition) is 1. The van der Waals surface area contributed by atoms with Crippen molar-refractivity contribution < 1.29 is 14.3 Å². The van der Waals surface area contributed by atoms with Crippen molar-refractivity contribution in [3.8, 4) is 11.5 Å². The van der Waals surface area contributed by atoms with Gasteiger partial charge < -0.3 is 9.47 Å². The van der Waals surface area contributed by atoms with Crippen LogP contribution in [0.5, 0.6) is 11.5 Å². The lowest BCUT2D eigenvalue weighted by Gasteiger charge is -2.19. The van der Waals surface area contributed by atoms with Gasteiger partial charge in [-0.2, -0.15) is 5.10 Å². The van der Waals surface area contributed by atoms with Gasteiger partial charge in [0.2, 0.25) is 0 Å². The van der Waals surface area contributed by atoms with Crippen LogP contribution in [-0.2, 0) is 0 Å². The third-order valence-electron chi connectivity index (χ3n) is 3.69. The molecule has 1 amide bonds. The topological polar surface area (TPSA) is 59.9 Å². The fourth-order valence-corrected chi connectivity index (χ4v) is 2.37. The zero-order chi connectivity index (χ0) is 17.9. The molecule has 0 radical (unpaired) electrons. The quantitative estimate of drug-likeness (QED) is 0.668. The number of carbonyl (C=O) groups is 1. The predicted octanol–water partition coefficient (Wildman–Crippen LogP) is 3.90. The maximum absolute atomic E-state index is 12.2. The van der Waals surface area contributed by atoms with Crippen LogP contribution < -0.4 is 14.9 Å². The van der Waals surface area contributed by atoms with Gasteiger partial charge in [-0.05, 0) is 35.9 Å². The summed E-state index contributed by atoms with van der Waals surface area (Å²) in [6, 6.07) is 12.2. The monoisotopic (exact) mass is 358 g/mol. The number of fused-ring (bicyclic) bond motifs is 1. The lowest BCUT2D eigenvalue weighted by Crippen LogP contribution is -2.26. The summed E-state index contributed by atoms with van der Waals surface area (Å²) in [6.07, 6.45) is 1.56. The van der Waals surface area contributed by atoms with Gasteiger partial charge in [0.15, 0.2) is 11.5 Å². The minimum absolute atomic E-state index is 0.0791. The summed E-state index contributed by atoms with van der Waals surface area (Å²) in [5.41, 5.74) is 3.72. The van der Waals surface area contributed by atoms with E-state index in [0.29, 0.717) is 35.3 Å². The molecule has 0 fully saturated rings. The molecule has 0 spiro atoms. The van der Waals surface area contributed by atoms with Crippen LogP contribution in [0.3, 0.4) is 0 Å². The molecule has 0 aromatic heterocycles. The summed E-state index contributed by atoms with van der Waals surface area (Å²) in [4.78, 5) is 12.2. The lowest BCUT2D eigenvalue weighted by atomic mass is 9.97. The maximum Gasteiger partial charge on any atom is 0.271 e. The van der Waals surface area contributed by atoms with E-state index in [9.17, 15) is 4.79 Å². The van der Waals surface area contributed by atoms with Crippen LogP contribution in [0.25, 0.3) is 0 Å². The molecule has 1 N–H and O–H groups in total. The first-order chi connectivity index (χ1) is 11.9. The highest BCUT2D eigenvalue weighted by Crippen LogP contribution is 2.34. The van der Waals surface area contributed by atoms with Crippen molar-refractivity contribution in [3.63, 3.8) is 0 Å². The van der Waals surface area contributed by atoms with Gasteiger partial charge in [-0.1, -0.05) is 37.6 Å². The molecule has 25 heavy (non-hydrogen) atoms. The molecule has 2 aromatic carbocycles. The highest BCUT2D eigenvalue weighted by atomic mass is 35.5. The number of carbonyl (C=O) groups excluding carboxylic acids is 1. The number of amides is 1. The lowest BCUT2D eigenvalue weighted by molar-refractivity contribution is 0.0954. The number of halogens is 1. The average molecular weight is 359 g/mol. The molecule has 5 nitrogen and oxygen atoms in total. The van der Waals surface area contributed by atoms with Crippen molar-refractivity contribution in [2.24, 2.45) is 10.5 Å². The van der Waals surface area contributed by atoms with Crippen LogP contribution in [0.2, 0.25) is 5.02 Å². The van der Waals surface area contributed by atoms with E-state index in [1.165, 1.54) is 0 Å². The first-order valence-corrected chi connectivity index (χ1v) is 8.29. The number of hydrogen-bond acceptors (Lipinski definition) is 4. The van der Waals surface area contributed by atoms with E-state index in [2.05, 4.69) is 24.4 Å². The SMILES string of the molecule is CC1(C)COc2ccc(C(=O)N/N=C\c3ccc(Cl)cc3)cc2OC1. The number of nitrogens with zero attached hydrogens (tertiary/aromatic N) is 1. The van der Waals surface area contributed by atoms with Crippen molar-refractivity contribution in [3.05, 3.63) is 58.6 Å². The molecule has 1 aliphatic rings. The molecule has 0 atom stereocenters. The van der Waals surface area contributed by atoms with Gasteiger partial charge in [-0.25, -0.2) is 5.43 Å². The molecule has 6 heteroatoms. The van der Waals surface area contributed by atoms with E-state index >= 15 is 0 Å². The second-order valence-electron chi connectivity index (χ2n) is 6.65. The Labute approximate surface area is 151 Å². The molecule has 0 aliphatic carbocycles. The smallest absolute Gasteiger partial charge is 0.271 e. The Morgan fingerprint density at radius 2 is 1.80 bits per heavy atom. The normalized spacial score (nSPS) is 15.6. The number of hydrazone groups is 1. The van der Waals surface area contributed by atoms with Crippen LogP contribution in [-0.4, -0.2) is 25.3 Å². The van der Waals surface area contributed by atoms with Gasteiger partial charge in [0.1, 0.15) is 0 Å². The average Bonchev–Trinajstić information content (AvgIpc) is 2.75. The minimum Gasteiger partial charge on any atom is -0.489 e. The van der Waals surface area contributed by atoms with Gasteiger partial charge in [0, 0.05) is 16.0 Å². The summed E-state index contributed by atoms with van der Waals surface area (Å²) in [7, 11) is 0. The van der Waals surface area contributed by atoms with Gasteiger partial charge in [-0.3, -0.25) is 4.79 Å². The summed E-state index contributed by atoms with van der Waals surface area (Å²) >= 11 is 5.83. The van der Waals surface area contributed by atoms with Crippen LogP contribution in [0.15, 0.2) is 47.6 Å². The second-order valence-corrected chi connectivity index (χ2v) is 7.09. The van der Waals surface area contributed by atoms with Crippen LogP contribution >= 0.6 is 11.6 Å². The van der Waals surface area contributed by atoms with E-state index in [-0.39, 0.29) is 11.3 Å². The third kappa shape index (κ3) is 4.51. The van der Waals surface area contributed by atoms with E-state index in [1.807, 2.05) is 12.1 Å². The molecule has 0 bridgehead atoms.